The summed E-state index contributed by atoms with van der Waals surface area (Å²) in [7, 11) is 1.63. The average molecular weight is 235 g/mol. The van der Waals surface area contributed by atoms with Crippen LogP contribution in [-0.4, -0.2) is 26.2 Å². The van der Waals surface area contributed by atoms with Gasteiger partial charge in [0.15, 0.2) is 0 Å². The van der Waals surface area contributed by atoms with E-state index in [-0.39, 0.29) is 11.8 Å². The molecule has 0 bridgehead atoms. The molecule has 0 aromatic heterocycles. The van der Waals surface area contributed by atoms with Crippen molar-refractivity contribution in [1.29, 1.82) is 0 Å². The molecular formula is C14H21NO2. The Bertz CT molecular complexity index is 324. The summed E-state index contributed by atoms with van der Waals surface area (Å²) >= 11 is 0. The molecule has 0 unspecified atom stereocenters. The molecule has 1 N–H and O–H groups in total. The Morgan fingerprint density at radius 2 is 2.06 bits per heavy atom. The molecule has 17 heavy (non-hydrogen) atoms. The number of benzene rings is 1. The van der Waals surface area contributed by atoms with E-state index in [0.717, 1.165) is 18.4 Å². The molecule has 0 aliphatic heterocycles. The van der Waals surface area contributed by atoms with Crippen molar-refractivity contribution in [3.8, 4) is 0 Å². The van der Waals surface area contributed by atoms with Crippen LogP contribution < -0.4 is 5.32 Å². The smallest absolute Gasteiger partial charge is 0.227 e. The third-order valence-corrected chi connectivity index (χ3v) is 2.70. The van der Waals surface area contributed by atoms with Gasteiger partial charge in [0.05, 0.1) is 12.5 Å². The summed E-state index contributed by atoms with van der Waals surface area (Å²) in [6, 6.07) is 9.93. The van der Waals surface area contributed by atoms with Gasteiger partial charge in [-0.25, -0.2) is 0 Å². The van der Waals surface area contributed by atoms with Gasteiger partial charge >= 0.3 is 0 Å². The predicted molar refractivity (Wildman–Crippen MR) is 69.0 cm³/mol. The van der Waals surface area contributed by atoms with E-state index >= 15 is 0 Å². The minimum atomic E-state index is -0.0435. The maximum Gasteiger partial charge on any atom is 0.227 e. The van der Waals surface area contributed by atoms with Gasteiger partial charge in [-0.2, -0.15) is 0 Å². The van der Waals surface area contributed by atoms with E-state index in [1.807, 2.05) is 30.3 Å². The molecule has 0 heterocycles. The fourth-order valence-corrected chi connectivity index (χ4v) is 1.82. The van der Waals surface area contributed by atoms with Gasteiger partial charge in [-0.15, -0.1) is 0 Å². The van der Waals surface area contributed by atoms with E-state index in [4.69, 9.17) is 4.74 Å². The van der Waals surface area contributed by atoms with E-state index in [2.05, 4.69) is 12.2 Å². The molecule has 0 saturated carbocycles. The summed E-state index contributed by atoms with van der Waals surface area (Å²) in [6.45, 7) is 3.22. The molecule has 1 aromatic carbocycles. The van der Waals surface area contributed by atoms with E-state index in [1.54, 1.807) is 7.11 Å². The summed E-state index contributed by atoms with van der Waals surface area (Å²) in [5, 5.41) is 2.90. The van der Waals surface area contributed by atoms with Crippen molar-refractivity contribution in [2.75, 3.05) is 20.3 Å². The van der Waals surface area contributed by atoms with E-state index in [1.165, 1.54) is 0 Å². The van der Waals surface area contributed by atoms with Crippen LogP contribution in [0.5, 0.6) is 0 Å². The molecular weight excluding hydrogens is 214 g/mol. The topological polar surface area (TPSA) is 38.3 Å². The lowest BCUT2D eigenvalue weighted by molar-refractivity contribution is -0.122. The monoisotopic (exact) mass is 235 g/mol. The lowest BCUT2D eigenvalue weighted by Crippen LogP contribution is -2.31. The average Bonchev–Trinajstić information content (AvgIpc) is 2.37. The maximum atomic E-state index is 12.0. The number of methoxy groups -OCH3 is 1. The van der Waals surface area contributed by atoms with Gasteiger partial charge in [-0.1, -0.05) is 43.7 Å². The summed E-state index contributed by atoms with van der Waals surface area (Å²) in [4.78, 5) is 12.0. The number of rotatable bonds is 7. The van der Waals surface area contributed by atoms with Crippen LogP contribution in [-0.2, 0) is 9.53 Å². The quantitative estimate of drug-likeness (QED) is 0.737. The zero-order valence-corrected chi connectivity index (χ0v) is 10.6. The predicted octanol–water partition coefficient (Wildman–Crippen LogP) is 2.33. The number of amides is 1. The number of hydrogen-bond donors (Lipinski definition) is 1. The minimum absolute atomic E-state index is 0.0435. The minimum Gasteiger partial charge on any atom is -0.383 e. The largest absolute Gasteiger partial charge is 0.383 e. The number of ether oxygens (including phenoxy) is 1. The second-order valence-electron chi connectivity index (χ2n) is 4.04. The van der Waals surface area contributed by atoms with Crippen molar-refractivity contribution < 1.29 is 9.53 Å². The fraction of sp³-hybridized carbons (Fsp3) is 0.500. The SMILES string of the molecule is CCC[C@@H](C(=O)NCCOC)c1ccccc1. The first-order valence-corrected chi connectivity index (χ1v) is 6.11. The van der Waals surface area contributed by atoms with Crippen molar-refractivity contribution in [2.45, 2.75) is 25.7 Å². The van der Waals surface area contributed by atoms with Crippen molar-refractivity contribution in [3.63, 3.8) is 0 Å². The van der Waals surface area contributed by atoms with E-state index in [0.29, 0.717) is 13.2 Å². The van der Waals surface area contributed by atoms with Crippen LogP contribution in [0.3, 0.4) is 0 Å². The van der Waals surface area contributed by atoms with Crippen molar-refractivity contribution in [3.05, 3.63) is 35.9 Å². The Hall–Kier alpha value is -1.35. The van der Waals surface area contributed by atoms with Gasteiger partial charge in [0.2, 0.25) is 5.91 Å². The van der Waals surface area contributed by atoms with Crippen LogP contribution >= 0.6 is 0 Å². The summed E-state index contributed by atoms with van der Waals surface area (Å²) < 4.78 is 4.92. The zero-order valence-electron chi connectivity index (χ0n) is 10.6. The summed E-state index contributed by atoms with van der Waals surface area (Å²) in [5.74, 6) is 0.0492. The highest BCUT2D eigenvalue weighted by atomic mass is 16.5. The molecule has 0 spiro atoms. The van der Waals surface area contributed by atoms with Crippen molar-refractivity contribution in [2.24, 2.45) is 0 Å². The molecule has 3 nitrogen and oxygen atoms in total. The molecule has 1 atom stereocenters. The van der Waals surface area contributed by atoms with Gasteiger partial charge in [-0.3, -0.25) is 4.79 Å². The van der Waals surface area contributed by atoms with Crippen molar-refractivity contribution >= 4 is 5.91 Å². The van der Waals surface area contributed by atoms with Crippen LogP contribution in [0, 0.1) is 0 Å². The van der Waals surface area contributed by atoms with Crippen LogP contribution in [0.2, 0.25) is 0 Å². The molecule has 0 aliphatic rings. The molecule has 0 fully saturated rings. The number of nitrogens with one attached hydrogen (secondary N) is 1. The molecule has 0 aliphatic carbocycles. The van der Waals surface area contributed by atoms with Crippen LogP contribution in [0.25, 0.3) is 0 Å². The third-order valence-electron chi connectivity index (χ3n) is 2.70. The van der Waals surface area contributed by atoms with Gasteiger partial charge in [0.25, 0.3) is 0 Å². The summed E-state index contributed by atoms with van der Waals surface area (Å²) in [6.07, 6.45) is 1.88. The molecule has 1 amide bonds. The van der Waals surface area contributed by atoms with E-state index < -0.39 is 0 Å². The van der Waals surface area contributed by atoms with Crippen LogP contribution in [0.4, 0.5) is 0 Å². The standard InChI is InChI=1S/C14H21NO2/c1-3-7-13(12-8-5-4-6-9-12)14(16)15-10-11-17-2/h4-6,8-9,13H,3,7,10-11H2,1-2H3,(H,15,16)/t13-/m1/s1. The van der Waals surface area contributed by atoms with Gasteiger partial charge in [-0.05, 0) is 12.0 Å². The number of hydrogen-bond acceptors (Lipinski definition) is 2. The Morgan fingerprint density at radius 3 is 2.65 bits per heavy atom. The Kier molecular flexibility index (Phi) is 6.33. The van der Waals surface area contributed by atoms with Crippen LogP contribution in [0.15, 0.2) is 30.3 Å². The van der Waals surface area contributed by atoms with Crippen LogP contribution in [0.1, 0.15) is 31.2 Å². The maximum absolute atomic E-state index is 12.0. The lowest BCUT2D eigenvalue weighted by Gasteiger charge is -2.16. The Balaban J connectivity index is 2.62. The highest BCUT2D eigenvalue weighted by Gasteiger charge is 2.18. The molecule has 0 radical (unpaired) electrons. The van der Waals surface area contributed by atoms with Crippen molar-refractivity contribution in [1.82, 2.24) is 5.32 Å². The highest BCUT2D eigenvalue weighted by molar-refractivity contribution is 5.83. The second-order valence-corrected chi connectivity index (χ2v) is 4.04. The summed E-state index contributed by atoms with van der Waals surface area (Å²) in [5.41, 5.74) is 1.09. The fourth-order valence-electron chi connectivity index (χ4n) is 1.82. The third kappa shape index (κ3) is 4.57. The van der Waals surface area contributed by atoms with E-state index in [9.17, 15) is 4.79 Å². The number of carbonyl (C=O) groups is 1. The zero-order chi connectivity index (χ0) is 12.5. The highest BCUT2D eigenvalue weighted by Crippen LogP contribution is 2.21. The molecule has 1 rings (SSSR count). The van der Waals surface area contributed by atoms with Gasteiger partial charge < -0.3 is 10.1 Å². The Morgan fingerprint density at radius 1 is 1.35 bits per heavy atom. The first kappa shape index (κ1) is 13.7. The second kappa shape index (κ2) is 7.85. The molecule has 3 heteroatoms. The lowest BCUT2D eigenvalue weighted by atomic mass is 9.94. The van der Waals surface area contributed by atoms with Gasteiger partial charge in [0, 0.05) is 13.7 Å². The first-order chi connectivity index (χ1) is 8.29. The molecule has 0 saturated heterocycles. The van der Waals surface area contributed by atoms with Gasteiger partial charge in [0.1, 0.15) is 0 Å². The Labute approximate surface area is 103 Å². The molecule has 94 valence electrons. The number of carbonyl (C=O) groups excluding carboxylic acids is 1. The molecule has 1 aromatic rings. The first-order valence-electron chi connectivity index (χ1n) is 6.11. The normalized spacial score (nSPS) is 12.1.